The van der Waals surface area contributed by atoms with Crippen molar-refractivity contribution in [2.45, 2.75) is 13.1 Å². The van der Waals surface area contributed by atoms with E-state index in [0.29, 0.717) is 0 Å². The normalized spacial score (nSPS) is 10.5. The quantitative estimate of drug-likeness (QED) is 0.917. The van der Waals surface area contributed by atoms with Crippen molar-refractivity contribution in [3.05, 3.63) is 58.2 Å². The molecule has 0 aliphatic carbocycles. The molecule has 0 unspecified atom stereocenters. The minimum absolute atomic E-state index is 0.806. The summed E-state index contributed by atoms with van der Waals surface area (Å²) in [5.41, 5.74) is 2.47. The fraction of sp³-hybridized carbons (Fsp3) is 0.267. The van der Waals surface area contributed by atoms with E-state index in [9.17, 15) is 0 Å². The lowest BCUT2D eigenvalue weighted by Gasteiger charge is -2.21. The lowest BCUT2D eigenvalue weighted by atomic mass is 10.2. The molecular formula is C15H18BrN3. The molecule has 3 nitrogen and oxygen atoms in total. The number of nitrogens with one attached hydrogen (secondary N) is 1. The van der Waals surface area contributed by atoms with Gasteiger partial charge in [0.15, 0.2) is 0 Å². The number of rotatable bonds is 5. The second-order valence-electron chi connectivity index (χ2n) is 4.51. The van der Waals surface area contributed by atoms with Crippen LogP contribution in [0.25, 0.3) is 0 Å². The maximum atomic E-state index is 4.53. The summed E-state index contributed by atoms with van der Waals surface area (Å²) >= 11 is 3.47. The van der Waals surface area contributed by atoms with Crippen LogP contribution in [0.2, 0.25) is 0 Å². The average molecular weight is 320 g/mol. The highest BCUT2D eigenvalue weighted by Gasteiger charge is 2.09. The van der Waals surface area contributed by atoms with Gasteiger partial charge >= 0.3 is 0 Å². The van der Waals surface area contributed by atoms with Gasteiger partial charge in [-0.2, -0.15) is 0 Å². The summed E-state index contributed by atoms with van der Waals surface area (Å²) in [7, 11) is 4.02. The highest BCUT2D eigenvalue weighted by molar-refractivity contribution is 9.10. The van der Waals surface area contributed by atoms with Crippen molar-refractivity contribution >= 4 is 21.7 Å². The van der Waals surface area contributed by atoms with Crippen molar-refractivity contribution in [1.29, 1.82) is 0 Å². The summed E-state index contributed by atoms with van der Waals surface area (Å²) in [4.78, 5) is 6.71. The van der Waals surface area contributed by atoms with Gasteiger partial charge in [0.25, 0.3) is 0 Å². The molecule has 0 saturated heterocycles. The molecule has 19 heavy (non-hydrogen) atoms. The first kappa shape index (κ1) is 14.0. The Morgan fingerprint density at radius 3 is 2.68 bits per heavy atom. The van der Waals surface area contributed by atoms with E-state index in [4.69, 9.17) is 0 Å². The molecule has 4 heteroatoms. The molecule has 0 radical (unpaired) electrons. The van der Waals surface area contributed by atoms with Crippen LogP contribution >= 0.6 is 15.9 Å². The van der Waals surface area contributed by atoms with Gasteiger partial charge in [0.05, 0.1) is 0 Å². The van der Waals surface area contributed by atoms with E-state index < -0.39 is 0 Å². The van der Waals surface area contributed by atoms with E-state index in [-0.39, 0.29) is 0 Å². The average Bonchev–Trinajstić information content (AvgIpc) is 2.40. The Bertz CT molecular complexity index is 528. The fourth-order valence-electron chi connectivity index (χ4n) is 2.07. The molecule has 0 atom stereocenters. The van der Waals surface area contributed by atoms with Gasteiger partial charge in [0, 0.05) is 36.4 Å². The van der Waals surface area contributed by atoms with Crippen LogP contribution in [0.1, 0.15) is 11.1 Å². The lowest BCUT2D eigenvalue weighted by Crippen LogP contribution is -2.21. The van der Waals surface area contributed by atoms with Crippen LogP contribution in [0.15, 0.2) is 47.1 Å². The van der Waals surface area contributed by atoms with Crippen LogP contribution in [-0.2, 0) is 13.1 Å². The molecule has 0 amide bonds. The van der Waals surface area contributed by atoms with E-state index >= 15 is 0 Å². The summed E-state index contributed by atoms with van der Waals surface area (Å²) in [5, 5.41) is 3.18. The molecule has 2 rings (SSSR count). The van der Waals surface area contributed by atoms with Crippen molar-refractivity contribution in [1.82, 2.24) is 10.3 Å². The Morgan fingerprint density at radius 2 is 2.00 bits per heavy atom. The molecule has 2 aromatic rings. The molecule has 0 fully saturated rings. The number of anilines is 1. The SMILES string of the molecule is CNCc1cc(Br)cnc1N(C)Cc1ccccc1. The van der Waals surface area contributed by atoms with Crippen LogP contribution in [0.5, 0.6) is 0 Å². The van der Waals surface area contributed by atoms with Gasteiger partial charge in [0.1, 0.15) is 5.82 Å². The van der Waals surface area contributed by atoms with Crippen molar-refractivity contribution in [2.24, 2.45) is 0 Å². The second-order valence-corrected chi connectivity index (χ2v) is 5.42. The molecular weight excluding hydrogens is 302 g/mol. The standard InChI is InChI=1S/C15H18BrN3/c1-17-9-13-8-14(16)10-18-15(13)19(2)11-12-6-4-3-5-7-12/h3-8,10,17H,9,11H2,1-2H3. The van der Waals surface area contributed by atoms with Crippen molar-refractivity contribution in [3.8, 4) is 0 Å². The van der Waals surface area contributed by atoms with E-state index in [1.807, 2.05) is 19.3 Å². The summed E-state index contributed by atoms with van der Waals surface area (Å²) in [6, 6.07) is 12.5. The second kappa shape index (κ2) is 6.68. The van der Waals surface area contributed by atoms with E-state index in [2.05, 4.69) is 68.5 Å². The van der Waals surface area contributed by atoms with E-state index in [1.54, 1.807) is 0 Å². The highest BCUT2D eigenvalue weighted by atomic mass is 79.9. The minimum Gasteiger partial charge on any atom is -0.355 e. The molecule has 100 valence electrons. The largest absolute Gasteiger partial charge is 0.355 e. The number of hydrogen-bond acceptors (Lipinski definition) is 3. The van der Waals surface area contributed by atoms with Gasteiger partial charge in [0.2, 0.25) is 0 Å². The van der Waals surface area contributed by atoms with Crippen LogP contribution < -0.4 is 10.2 Å². The number of pyridine rings is 1. The van der Waals surface area contributed by atoms with Crippen LogP contribution in [0.3, 0.4) is 0 Å². The first-order valence-corrected chi connectivity index (χ1v) is 7.04. The third-order valence-corrected chi connectivity index (χ3v) is 3.33. The fourth-order valence-corrected chi connectivity index (χ4v) is 2.45. The summed E-state index contributed by atoms with van der Waals surface area (Å²) in [6.07, 6.45) is 1.84. The lowest BCUT2D eigenvalue weighted by molar-refractivity contribution is 0.794. The van der Waals surface area contributed by atoms with Gasteiger partial charge in [-0.1, -0.05) is 30.3 Å². The van der Waals surface area contributed by atoms with Crippen LogP contribution in [0, 0.1) is 0 Å². The zero-order chi connectivity index (χ0) is 13.7. The molecule has 1 aromatic carbocycles. The minimum atomic E-state index is 0.806. The molecule has 0 aliphatic rings. The number of hydrogen-bond donors (Lipinski definition) is 1. The molecule has 1 N–H and O–H groups in total. The van der Waals surface area contributed by atoms with Gasteiger partial charge < -0.3 is 10.2 Å². The molecule has 0 aliphatic heterocycles. The third-order valence-electron chi connectivity index (χ3n) is 2.90. The van der Waals surface area contributed by atoms with Gasteiger partial charge in [-0.15, -0.1) is 0 Å². The summed E-state index contributed by atoms with van der Waals surface area (Å²) in [5.74, 6) is 1.02. The Balaban J connectivity index is 2.20. The zero-order valence-corrected chi connectivity index (χ0v) is 12.8. The van der Waals surface area contributed by atoms with Gasteiger partial charge in [-0.05, 0) is 34.6 Å². The molecule has 0 spiro atoms. The number of aromatic nitrogens is 1. The Kier molecular flexibility index (Phi) is 4.93. The third kappa shape index (κ3) is 3.78. The number of nitrogens with zero attached hydrogens (tertiary/aromatic N) is 2. The van der Waals surface area contributed by atoms with Crippen LogP contribution in [-0.4, -0.2) is 19.1 Å². The van der Waals surface area contributed by atoms with Crippen molar-refractivity contribution in [2.75, 3.05) is 19.0 Å². The smallest absolute Gasteiger partial charge is 0.133 e. The summed E-state index contributed by atoms with van der Waals surface area (Å²) in [6.45, 7) is 1.66. The zero-order valence-electron chi connectivity index (χ0n) is 11.2. The van der Waals surface area contributed by atoms with Gasteiger partial charge in [-0.25, -0.2) is 4.98 Å². The van der Waals surface area contributed by atoms with E-state index in [0.717, 1.165) is 23.4 Å². The van der Waals surface area contributed by atoms with Crippen LogP contribution in [0.4, 0.5) is 5.82 Å². The number of halogens is 1. The Labute approximate surface area is 122 Å². The monoisotopic (exact) mass is 319 g/mol. The first-order chi connectivity index (χ1) is 9.20. The number of benzene rings is 1. The Hall–Kier alpha value is -1.39. The first-order valence-electron chi connectivity index (χ1n) is 6.25. The molecule has 0 saturated carbocycles. The maximum Gasteiger partial charge on any atom is 0.133 e. The maximum absolute atomic E-state index is 4.53. The van der Waals surface area contributed by atoms with E-state index in [1.165, 1.54) is 11.1 Å². The molecule has 1 heterocycles. The molecule has 0 bridgehead atoms. The summed E-state index contributed by atoms with van der Waals surface area (Å²) < 4.78 is 1.01. The molecule has 1 aromatic heterocycles. The van der Waals surface area contributed by atoms with Gasteiger partial charge in [-0.3, -0.25) is 0 Å². The van der Waals surface area contributed by atoms with Crippen molar-refractivity contribution < 1.29 is 0 Å². The predicted molar refractivity (Wildman–Crippen MR) is 83.2 cm³/mol. The predicted octanol–water partition coefficient (Wildman–Crippen LogP) is 3.20. The highest BCUT2D eigenvalue weighted by Crippen LogP contribution is 2.22. The topological polar surface area (TPSA) is 28.2 Å². The van der Waals surface area contributed by atoms with Crippen molar-refractivity contribution in [3.63, 3.8) is 0 Å². The Morgan fingerprint density at radius 1 is 1.26 bits per heavy atom.